The summed E-state index contributed by atoms with van der Waals surface area (Å²) < 4.78 is 5.25. The third kappa shape index (κ3) is 5.08. The Hall–Kier alpha value is -2.97. The molecule has 182 valence electrons. The van der Waals surface area contributed by atoms with Crippen LogP contribution in [0.25, 0.3) is 0 Å². The maximum absolute atomic E-state index is 13.7. The average molecular weight is 466 g/mol. The number of likely N-dealkylation sites (tertiary alicyclic amines) is 1. The Balaban J connectivity index is 1.49. The van der Waals surface area contributed by atoms with E-state index in [0.717, 1.165) is 30.9 Å². The van der Waals surface area contributed by atoms with Gasteiger partial charge in [0, 0.05) is 51.7 Å². The Morgan fingerprint density at radius 3 is 2.26 bits per heavy atom. The van der Waals surface area contributed by atoms with Crippen molar-refractivity contribution in [2.45, 2.75) is 31.3 Å². The zero-order valence-corrected chi connectivity index (χ0v) is 20.4. The van der Waals surface area contributed by atoms with E-state index in [9.17, 15) is 9.59 Å². The summed E-state index contributed by atoms with van der Waals surface area (Å²) in [6.45, 7) is 4.00. The fourth-order valence-electron chi connectivity index (χ4n) is 4.93. The molecule has 0 saturated carbocycles. The first-order valence-electron chi connectivity index (χ1n) is 12.0. The van der Waals surface area contributed by atoms with Crippen LogP contribution in [0.2, 0.25) is 0 Å². The minimum atomic E-state index is -0.745. The molecule has 1 aromatic heterocycles. The molecule has 1 aromatic carbocycles. The van der Waals surface area contributed by atoms with Gasteiger partial charge in [-0.3, -0.25) is 19.6 Å². The van der Waals surface area contributed by atoms with E-state index in [1.807, 2.05) is 72.7 Å². The molecule has 0 unspecified atom stereocenters. The highest BCUT2D eigenvalue weighted by Crippen LogP contribution is 2.37. The number of nitrogens with zero attached hydrogens (tertiary/aromatic N) is 5. The number of hydrogen-bond donors (Lipinski definition) is 0. The Kier molecular flexibility index (Phi) is 7.48. The number of carbonyl (C=O) groups is 2. The summed E-state index contributed by atoms with van der Waals surface area (Å²) in [5.74, 6) is 0.779. The van der Waals surface area contributed by atoms with Crippen LogP contribution in [-0.2, 0) is 17.8 Å². The molecule has 2 saturated heterocycles. The van der Waals surface area contributed by atoms with E-state index >= 15 is 0 Å². The highest BCUT2D eigenvalue weighted by molar-refractivity contribution is 6.07. The van der Waals surface area contributed by atoms with E-state index in [0.29, 0.717) is 38.9 Å². The molecule has 0 N–H and O–H groups in total. The Bertz CT molecular complexity index is 972. The summed E-state index contributed by atoms with van der Waals surface area (Å²) in [6.07, 6.45) is 5.63. The van der Waals surface area contributed by atoms with Crippen molar-refractivity contribution in [3.8, 4) is 5.75 Å². The molecule has 8 nitrogen and oxygen atoms in total. The van der Waals surface area contributed by atoms with Gasteiger partial charge in [0.05, 0.1) is 7.11 Å². The minimum Gasteiger partial charge on any atom is -0.497 e. The lowest BCUT2D eigenvalue weighted by atomic mass is 9.85. The van der Waals surface area contributed by atoms with E-state index in [-0.39, 0.29) is 11.9 Å². The number of benzene rings is 1. The first-order valence-corrected chi connectivity index (χ1v) is 12.0. The maximum atomic E-state index is 13.7. The molecule has 0 bridgehead atoms. The second-order valence-corrected chi connectivity index (χ2v) is 9.46. The number of pyridine rings is 1. The number of hydrogen-bond acceptors (Lipinski definition) is 6. The Labute approximate surface area is 202 Å². The zero-order valence-electron chi connectivity index (χ0n) is 20.4. The number of aromatic nitrogens is 1. The van der Waals surface area contributed by atoms with Crippen LogP contribution in [0.3, 0.4) is 0 Å². The van der Waals surface area contributed by atoms with Gasteiger partial charge >= 0.3 is 6.03 Å². The molecule has 0 atom stereocenters. The van der Waals surface area contributed by atoms with Crippen LogP contribution in [0.4, 0.5) is 4.79 Å². The van der Waals surface area contributed by atoms with Crippen LogP contribution < -0.4 is 4.74 Å². The number of ether oxygens (including phenoxy) is 1. The lowest BCUT2D eigenvalue weighted by Crippen LogP contribution is -2.56. The van der Waals surface area contributed by atoms with Crippen LogP contribution in [-0.4, -0.2) is 96.0 Å². The number of piperidine rings is 1. The van der Waals surface area contributed by atoms with Crippen LogP contribution in [0.1, 0.15) is 24.0 Å². The highest BCUT2D eigenvalue weighted by atomic mass is 16.5. The second-order valence-electron chi connectivity index (χ2n) is 9.46. The largest absolute Gasteiger partial charge is 0.497 e. The number of imide groups is 1. The summed E-state index contributed by atoms with van der Waals surface area (Å²) in [5, 5.41) is 0. The number of urea groups is 1. The van der Waals surface area contributed by atoms with Gasteiger partial charge in [-0.2, -0.15) is 0 Å². The molecule has 0 aliphatic carbocycles. The van der Waals surface area contributed by atoms with E-state index in [1.54, 1.807) is 7.11 Å². The summed E-state index contributed by atoms with van der Waals surface area (Å²) >= 11 is 0. The summed E-state index contributed by atoms with van der Waals surface area (Å²) in [6, 6.07) is 11.8. The van der Waals surface area contributed by atoms with Crippen molar-refractivity contribution in [3.05, 3.63) is 59.9 Å². The summed E-state index contributed by atoms with van der Waals surface area (Å²) in [5.41, 5.74) is 1.59. The third-order valence-electron chi connectivity index (χ3n) is 7.01. The molecule has 8 heteroatoms. The van der Waals surface area contributed by atoms with Crippen molar-refractivity contribution < 1.29 is 14.3 Å². The molecule has 2 aliphatic heterocycles. The molecule has 3 heterocycles. The van der Waals surface area contributed by atoms with Crippen LogP contribution in [0, 0.1) is 0 Å². The standard InChI is InChI=1S/C26H35N5O3/c1-28(2)18-19-30-24(32)26(11-16-29(17-12-26)20-22-8-13-27-14-9-22)31(25(30)33)15-10-21-4-6-23(34-3)7-5-21/h4-9,13-14H,10-12,15-20H2,1-3H3. The van der Waals surface area contributed by atoms with Gasteiger partial charge in [0.2, 0.25) is 0 Å². The zero-order chi connectivity index (χ0) is 24.1. The predicted molar refractivity (Wildman–Crippen MR) is 131 cm³/mol. The fraction of sp³-hybridized carbons (Fsp3) is 0.500. The monoisotopic (exact) mass is 465 g/mol. The Morgan fingerprint density at radius 1 is 0.971 bits per heavy atom. The van der Waals surface area contributed by atoms with Crippen molar-refractivity contribution in [1.29, 1.82) is 0 Å². The van der Waals surface area contributed by atoms with E-state index < -0.39 is 5.54 Å². The van der Waals surface area contributed by atoms with Crippen molar-refractivity contribution in [2.75, 3.05) is 53.9 Å². The maximum Gasteiger partial charge on any atom is 0.327 e. The van der Waals surface area contributed by atoms with Crippen LogP contribution in [0.5, 0.6) is 5.75 Å². The lowest BCUT2D eigenvalue weighted by molar-refractivity contribution is -0.135. The SMILES string of the molecule is COc1ccc(CCN2C(=O)N(CCN(C)C)C(=O)C23CCN(Cc2ccncc2)CC3)cc1. The van der Waals surface area contributed by atoms with E-state index in [4.69, 9.17) is 4.74 Å². The van der Waals surface area contributed by atoms with Crippen molar-refractivity contribution in [3.63, 3.8) is 0 Å². The van der Waals surface area contributed by atoms with Gasteiger partial charge < -0.3 is 14.5 Å². The number of likely N-dealkylation sites (N-methyl/N-ethyl adjacent to an activating group) is 1. The van der Waals surface area contributed by atoms with Crippen molar-refractivity contribution in [2.24, 2.45) is 0 Å². The molecule has 2 fully saturated rings. The molecule has 2 aromatic rings. The number of rotatable bonds is 9. The molecule has 34 heavy (non-hydrogen) atoms. The van der Waals surface area contributed by atoms with Gasteiger partial charge in [-0.15, -0.1) is 0 Å². The fourth-order valence-corrected chi connectivity index (χ4v) is 4.93. The summed E-state index contributed by atoms with van der Waals surface area (Å²) in [4.78, 5) is 38.9. The molecular formula is C26H35N5O3. The first-order chi connectivity index (χ1) is 16.4. The molecular weight excluding hydrogens is 430 g/mol. The van der Waals surface area contributed by atoms with E-state index in [1.165, 1.54) is 10.5 Å². The minimum absolute atomic E-state index is 0.0300. The number of methoxy groups -OCH3 is 1. The van der Waals surface area contributed by atoms with Crippen molar-refractivity contribution >= 4 is 11.9 Å². The molecule has 1 spiro atoms. The second kappa shape index (κ2) is 10.5. The lowest BCUT2D eigenvalue weighted by Gasteiger charge is -2.42. The first kappa shape index (κ1) is 24.2. The molecule has 4 rings (SSSR count). The smallest absolute Gasteiger partial charge is 0.327 e. The topological polar surface area (TPSA) is 69.2 Å². The van der Waals surface area contributed by atoms with Gasteiger partial charge in [-0.25, -0.2) is 4.79 Å². The Morgan fingerprint density at radius 2 is 1.65 bits per heavy atom. The van der Waals surface area contributed by atoms with Crippen LogP contribution >= 0.6 is 0 Å². The van der Waals surface area contributed by atoms with Gasteiger partial charge in [0.25, 0.3) is 5.91 Å². The number of carbonyl (C=O) groups excluding carboxylic acids is 2. The van der Waals surface area contributed by atoms with Gasteiger partial charge in [0.15, 0.2) is 0 Å². The molecule has 0 radical (unpaired) electrons. The molecule has 2 aliphatic rings. The number of amides is 3. The normalized spacial score (nSPS) is 18.4. The van der Waals surface area contributed by atoms with Gasteiger partial charge in [-0.05, 0) is 68.8 Å². The summed E-state index contributed by atoms with van der Waals surface area (Å²) in [7, 11) is 5.57. The van der Waals surface area contributed by atoms with Crippen molar-refractivity contribution in [1.82, 2.24) is 24.6 Å². The van der Waals surface area contributed by atoms with Gasteiger partial charge in [-0.1, -0.05) is 12.1 Å². The van der Waals surface area contributed by atoms with Gasteiger partial charge in [0.1, 0.15) is 11.3 Å². The van der Waals surface area contributed by atoms with E-state index in [2.05, 4.69) is 9.88 Å². The molecule has 3 amide bonds. The highest BCUT2D eigenvalue weighted by Gasteiger charge is 2.57. The van der Waals surface area contributed by atoms with Crippen LogP contribution in [0.15, 0.2) is 48.8 Å². The average Bonchev–Trinajstić information content (AvgIpc) is 3.04. The third-order valence-corrected chi connectivity index (χ3v) is 7.01. The predicted octanol–water partition coefficient (Wildman–Crippen LogP) is 2.49. The quantitative estimate of drug-likeness (QED) is 0.530.